The van der Waals surface area contributed by atoms with E-state index in [1.54, 1.807) is 21.0 Å². The average Bonchev–Trinajstić information content (AvgIpc) is 2.90. The van der Waals surface area contributed by atoms with Crippen LogP contribution in [0.2, 0.25) is 0 Å². The Balaban J connectivity index is 2.08. The highest BCUT2D eigenvalue weighted by Crippen LogP contribution is 2.60. The van der Waals surface area contributed by atoms with E-state index in [2.05, 4.69) is 27.3 Å². The van der Waals surface area contributed by atoms with Crippen molar-refractivity contribution in [1.82, 2.24) is 5.32 Å². The van der Waals surface area contributed by atoms with E-state index >= 15 is 0 Å². The molecule has 1 spiro atoms. The number of carbonyl (C=O) groups is 2. The van der Waals surface area contributed by atoms with Crippen LogP contribution in [-0.2, 0) is 26.2 Å². The number of amides is 1. The Kier molecular flexibility index (Phi) is 6.68. The second kappa shape index (κ2) is 8.66. The molecule has 7 heteroatoms. The zero-order valence-electron chi connectivity index (χ0n) is 19.3. The summed E-state index contributed by atoms with van der Waals surface area (Å²) >= 11 is 3.57. The standard InChI is InChI=1S/C24H33BrN2O4/c1-15(28)24(27-16(2)26-21(29)31-22(3,4)5)20-13-18(25)8-7-17(20)14-23(24)11-9-19(30-6)10-12-23/h7-8,13,19H,9-12,14H2,1-6H3,(H,26,27,29). The lowest BCUT2D eigenvalue weighted by atomic mass is 9.60. The fourth-order valence-corrected chi connectivity index (χ4v) is 5.65. The first-order valence-electron chi connectivity index (χ1n) is 10.8. The molecular weight excluding hydrogens is 460 g/mol. The van der Waals surface area contributed by atoms with Crippen molar-refractivity contribution in [2.24, 2.45) is 10.4 Å². The highest BCUT2D eigenvalue weighted by molar-refractivity contribution is 9.10. The van der Waals surface area contributed by atoms with E-state index in [-0.39, 0.29) is 17.3 Å². The van der Waals surface area contributed by atoms with Crippen molar-refractivity contribution in [3.63, 3.8) is 0 Å². The first-order chi connectivity index (χ1) is 14.4. The van der Waals surface area contributed by atoms with E-state index in [1.807, 2.05) is 32.9 Å². The number of carbonyl (C=O) groups excluding carboxylic acids is 2. The molecule has 0 aromatic heterocycles. The number of halogens is 1. The molecule has 0 heterocycles. The van der Waals surface area contributed by atoms with Gasteiger partial charge in [0.1, 0.15) is 11.4 Å². The van der Waals surface area contributed by atoms with Crippen molar-refractivity contribution in [2.75, 3.05) is 7.11 Å². The first-order valence-corrected chi connectivity index (χ1v) is 11.6. The number of Topliss-reactive ketones (excluding diaryl/α,β-unsaturated/α-hetero) is 1. The van der Waals surface area contributed by atoms with Crippen LogP contribution in [0.3, 0.4) is 0 Å². The van der Waals surface area contributed by atoms with Crippen LogP contribution in [0.25, 0.3) is 0 Å². The number of alkyl carbamates (subject to hydrolysis) is 1. The van der Waals surface area contributed by atoms with Crippen molar-refractivity contribution in [3.05, 3.63) is 33.8 Å². The molecule has 2 aliphatic rings. The van der Waals surface area contributed by atoms with Crippen molar-refractivity contribution in [3.8, 4) is 0 Å². The Hall–Kier alpha value is -1.73. The second-order valence-corrected chi connectivity index (χ2v) is 10.7. The molecule has 2 aliphatic carbocycles. The molecule has 1 N–H and O–H groups in total. The third-order valence-corrected chi connectivity index (χ3v) is 7.00. The minimum Gasteiger partial charge on any atom is -0.444 e. The number of benzene rings is 1. The summed E-state index contributed by atoms with van der Waals surface area (Å²) in [5.74, 6) is 0.371. The maximum Gasteiger partial charge on any atom is 0.413 e. The molecule has 3 rings (SSSR count). The molecule has 0 aliphatic heterocycles. The molecule has 6 nitrogen and oxygen atoms in total. The predicted octanol–water partition coefficient (Wildman–Crippen LogP) is 5.31. The molecule has 1 atom stereocenters. The topological polar surface area (TPSA) is 77.0 Å². The van der Waals surface area contributed by atoms with Gasteiger partial charge >= 0.3 is 6.09 Å². The van der Waals surface area contributed by atoms with Crippen LogP contribution in [0.15, 0.2) is 27.7 Å². The summed E-state index contributed by atoms with van der Waals surface area (Å²) < 4.78 is 11.9. The number of fused-ring (bicyclic) bond motifs is 1. The molecular formula is C24H33BrN2O4. The number of methoxy groups -OCH3 is 1. The van der Waals surface area contributed by atoms with Gasteiger partial charge in [-0.15, -0.1) is 0 Å². The third-order valence-electron chi connectivity index (χ3n) is 6.51. The number of rotatable bonds is 3. The highest BCUT2D eigenvalue weighted by atomic mass is 79.9. The molecule has 0 bridgehead atoms. The van der Waals surface area contributed by atoms with Crippen LogP contribution < -0.4 is 5.32 Å². The number of ether oxygens (including phenoxy) is 2. The molecule has 1 aromatic carbocycles. The van der Waals surface area contributed by atoms with Gasteiger partial charge in [0.15, 0.2) is 11.3 Å². The zero-order chi connectivity index (χ0) is 23.0. The van der Waals surface area contributed by atoms with Gasteiger partial charge in [0.2, 0.25) is 0 Å². The molecule has 1 amide bonds. The Labute approximate surface area is 193 Å². The Morgan fingerprint density at radius 2 is 1.84 bits per heavy atom. The molecule has 1 unspecified atom stereocenters. The summed E-state index contributed by atoms with van der Waals surface area (Å²) in [7, 11) is 1.74. The van der Waals surface area contributed by atoms with Crippen LogP contribution in [0.4, 0.5) is 4.79 Å². The van der Waals surface area contributed by atoms with E-state index in [1.165, 1.54) is 0 Å². The lowest BCUT2D eigenvalue weighted by Gasteiger charge is -2.46. The summed E-state index contributed by atoms with van der Waals surface area (Å²) in [6.07, 6.45) is 3.85. The second-order valence-electron chi connectivity index (χ2n) is 9.78. The molecule has 1 aromatic rings. The Morgan fingerprint density at radius 1 is 1.19 bits per heavy atom. The molecule has 1 saturated carbocycles. The van der Waals surface area contributed by atoms with Crippen molar-refractivity contribution in [1.29, 1.82) is 0 Å². The van der Waals surface area contributed by atoms with Crippen LogP contribution >= 0.6 is 15.9 Å². The fourth-order valence-electron chi connectivity index (χ4n) is 5.29. The smallest absolute Gasteiger partial charge is 0.413 e. The number of hydrogen-bond donors (Lipinski definition) is 1. The largest absolute Gasteiger partial charge is 0.444 e. The quantitative estimate of drug-likeness (QED) is 0.458. The number of amidine groups is 1. The van der Waals surface area contributed by atoms with E-state index in [0.717, 1.165) is 47.7 Å². The predicted molar refractivity (Wildman–Crippen MR) is 124 cm³/mol. The first kappa shape index (κ1) is 23.9. The van der Waals surface area contributed by atoms with Crippen molar-refractivity contribution in [2.45, 2.75) is 84.0 Å². The SMILES string of the molecule is COC1CCC2(CC1)Cc1ccc(Br)cc1C2(N=C(C)NC(=O)OC(C)(C)C)C(C)=O. The van der Waals surface area contributed by atoms with E-state index in [4.69, 9.17) is 14.5 Å². The molecule has 170 valence electrons. The average molecular weight is 493 g/mol. The van der Waals surface area contributed by atoms with Gasteiger partial charge in [0.25, 0.3) is 0 Å². The van der Waals surface area contributed by atoms with Gasteiger partial charge in [-0.25, -0.2) is 4.79 Å². The van der Waals surface area contributed by atoms with Gasteiger partial charge in [0.05, 0.1) is 6.10 Å². The van der Waals surface area contributed by atoms with Crippen LogP contribution in [0, 0.1) is 5.41 Å². The molecule has 1 fully saturated rings. The monoisotopic (exact) mass is 492 g/mol. The lowest BCUT2D eigenvalue weighted by Crippen LogP contribution is -2.50. The maximum absolute atomic E-state index is 13.4. The fraction of sp³-hybridized carbons (Fsp3) is 0.625. The van der Waals surface area contributed by atoms with Gasteiger partial charge in [0, 0.05) is 17.0 Å². The zero-order valence-corrected chi connectivity index (χ0v) is 20.9. The highest BCUT2D eigenvalue weighted by Gasteiger charge is 2.61. The van der Waals surface area contributed by atoms with Crippen LogP contribution in [0.5, 0.6) is 0 Å². The summed E-state index contributed by atoms with van der Waals surface area (Å²) in [5, 5.41) is 2.73. The normalized spacial score (nSPS) is 28.4. The van der Waals surface area contributed by atoms with Gasteiger partial charge in [-0.1, -0.05) is 22.0 Å². The number of ketones is 1. The number of aliphatic imine (C=N–C) groups is 1. The Bertz CT molecular complexity index is 897. The molecule has 0 saturated heterocycles. The van der Waals surface area contributed by atoms with Crippen molar-refractivity contribution < 1.29 is 19.1 Å². The van der Waals surface area contributed by atoms with Gasteiger partial charge in [-0.05, 0) is 90.0 Å². The third kappa shape index (κ3) is 4.58. The Morgan fingerprint density at radius 3 is 2.39 bits per heavy atom. The van der Waals surface area contributed by atoms with E-state index < -0.39 is 17.2 Å². The summed E-state index contributed by atoms with van der Waals surface area (Å²) in [6, 6.07) is 6.11. The number of nitrogens with zero attached hydrogens (tertiary/aromatic N) is 1. The van der Waals surface area contributed by atoms with Crippen molar-refractivity contribution >= 4 is 33.6 Å². The number of hydrogen-bond acceptors (Lipinski definition) is 5. The van der Waals surface area contributed by atoms with Gasteiger partial charge < -0.3 is 9.47 Å². The van der Waals surface area contributed by atoms with Crippen LogP contribution in [-0.4, -0.2) is 36.5 Å². The summed E-state index contributed by atoms with van der Waals surface area (Å²) in [6.45, 7) is 8.77. The van der Waals surface area contributed by atoms with Gasteiger partial charge in [-0.2, -0.15) is 0 Å². The maximum atomic E-state index is 13.4. The minimum absolute atomic E-state index is 0.00874. The van der Waals surface area contributed by atoms with E-state index in [9.17, 15) is 9.59 Å². The van der Waals surface area contributed by atoms with E-state index in [0.29, 0.717) is 5.84 Å². The summed E-state index contributed by atoms with van der Waals surface area (Å²) in [4.78, 5) is 30.7. The molecule has 0 radical (unpaired) electrons. The van der Waals surface area contributed by atoms with Gasteiger partial charge in [-0.3, -0.25) is 15.1 Å². The minimum atomic E-state index is -1.05. The van der Waals surface area contributed by atoms with Crippen LogP contribution in [0.1, 0.15) is 71.4 Å². The molecule has 31 heavy (non-hydrogen) atoms. The number of nitrogens with one attached hydrogen (secondary N) is 1. The lowest BCUT2D eigenvalue weighted by molar-refractivity contribution is -0.129. The summed E-state index contributed by atoms with van der Waals surface area (Å²) in [5.41, 5.74) is 0.0593.